The van der Waals surface area contributed by atoms with Crippen LogP contribution in [0, 0.1) is 5.92 Å². The summed E-state index contributed by atoms with van der Waals surface area (Å²) in [6.45, 7) is 3.77. The predicted octanol–water partition coefficient (Wildman–Crippen LogP) is 4.25. The summed E-state index contributed by atoms with van der Waals surface area (Å²) in [5.74, 6) is -1.13. The number of carbonyl (C=O) groups is 3. The van der Waals surface area contributed by atoms with Crippen molar-refractivity contribution in [2.24, 2.45) is 5.92 Å². The Bertz CT molecular complexity index is 875. The van der Waals surface area contributed by atoms with E-state index in [1.807, 2.05) is 36.4 Å². The molecule has 0 spiro atoms. The van der Waals surface area contributed by atoms with Gasteiger partial charge in [-0.1, -0.05) is 36.4 Å². The monoisotopic (exact) mass is 354 g/mol. The maximum absolute atomic E-state index is 12.9. The number of ketones is 1. The number of quaternary nitrogens is 1. The Morgan fingerprint density at radius 1 is 1.15 bits per heavy atom. The SMILES string of the molecule is CC(CC(=O)c1ccc2ccccc2c1)C(=O)[N+]1(C(=O)O)CCC[C@H]1C. The van der Waals surface area contributed by atoms with Crippen LogP contribution in [0.15, 0.2) is 42.5 Å². The molecule has 0 saturated carbocycles. The fourth-order valence-electron chi connectivity index (χ4n) is 4.02. The minimum Gasteiger partial charge on any atom is -0.435 e. The van der Waals surface area contributed by atoms with Gasteiger partial charge in [0.25, 0.3) is 0 Å². The minimum atomic E-state index is -1.11. The first-order chi connectivity index (χ1) is 12.4. The number of carboxylic acid groups (broad SMARTS) is 1. The summed E-state index contributed by atoms with van der Waals surface area (Å²) < 4.78 is -0.549. The Hall–Kier alpha value is -2.53. The Morgan fingerprint density at radius 2 is 1.85 bits per heavy atom. The maximum Gasteiger partial charge on any atom is 0.521 e. The maximum atomic E-state index is 12.9. The van der Waals surface area contributed by atoms with Crippen molar-refractivity contribution in [3.63, 3.8) is 0 Å². The second kappa shape index (κ2) is 7.00. The Labute approximate surface area is 152 Å². The van der Waals surface area contributed by atoms with E-state index >= 15 is 0 Å². The summed E-state index contributed by atoms with van der Waals surface area (Å²) in [7, 11) is 0. The van der Waals surface area contributed by atoms with Gasteiger partial charge in [0.2, 0.25) is 0 Å². The molecule has 1 N–H and O–H groups in total. The molecule has 5 heteroatoms. The number of carbonyl (C=O) groups excluding carboxylic acids is 2. The molecule has 2 unspecified atom stereocenters. The van der Waals surface area contributed by atoms with Crippen molar-refractivity contribution >= 4 is 28.6 Å². The van der Waals surface area contributed by atoms with Crippen molar-refractivity contribution < 1.29 is 24.0 Å². The van der Waals surface area contributed by atoms with Crippen LogP contribution in [0.2, 0.25) is 0 Å². The van der Waals surface area contributed by atoms with Crippen LogP contribution < -0.4 is 0 Å². The summed E-state index contributed by atoms with van der Waals surface area (Å²) in [6.07, 6.45) is 0.343. The molecule has 0 radical (unpaired) electrons. The summed E-state index contributed by atoms with van der Waals surface area (Å²) in [6, 6.07) is 13.0. The van der Waals surface area contributed by atoms with Gasteiger partial charge in [0.15, 0.2) is 5.78 Å². The van der Waals surface area contributed by atoms with Gasteiger partial charge in [-0.05, 0) is 30.7 Å². The molecule has 3 atom stereocenters. The number of hydrogen-bond donors (Lipinski definition) is 1. The molecule has 5 nitrogen and oxygen atoms in total. The third-order valence-electron chi connectivity index (χ3n) is 5.60. The Balaban J connectivity index is 1.79. The van der Waals surface area contributed by atoms with Crippen LogP contribution in [0.25, 0.3) is 10.8 Å². The molecule has 0 bridgehead atoms. The van der Waals surface area contributed by atoms with Crippen molar-refractivity contribution in [1.82, 2.24) is 0 Å². The quantitative estimate of drug-likeness (QED) is 0.658. The van der Waals surface area contributed by atoms with E-state index in [0.717, 1.165) is 10.8 Å². The summed E-state index contributed by atoms with van der Waals surface area (Å²) in [5, 5.41) is 11.7. The lowest BCUT2D eigenvalue weighted by Gasteiger charge is -2.31. The molecule has 1 aliphatic rings. The number of rotatable bonds is 4. The third-order valence-corrected chi connectivity index (χ3v) is 5.60. The first kappa shape index (κ1) is 18.3. The van der Waals surface area contributed by atoms with Gasteiger partial charge in [0, 0.05) is 24.8 Å². The smallest absolute Gasteiger partial charge is 0.435 e. The highest BCUT2D eigenvalue weighted by Gasteiger charge is 2.54. The van der Waals surface area contributed by atoms with Gasteiger partial charge >= 0.3 is 12.0 Å². The van der Waals surface area contributed by atoms with Crippen LogP contribution in [0.4, 0.5) is 4.79 Å². The molecular formula is C21H24NO4+. The number of benzene rings is 2. The molecule has 0 aromatic heterocycles. The van der Waals surface area contributed by atoms with E-state index in [-0.39, 0.29) is 24.2 Å². The highest BCUT2D eigenvalue weighted by atomic mass is 16.4. The summed E-state index contributed by atoms with van der Waals surface area (Å²) in [5.41, 5.74) is 0.555. The molecule has 1 fully saturated rings. The third kappa shape index (κ3) is 3.03. The van der Waals surface area contributed by atoms with Crippen molar-refractivity contribution in [2.45, 2.75) is 39.2 Å². The predicted molar refractivity (Wildman–Crippen MR) is 98.9 cm³/mol. The van der Waals surface area contributed by atoms with Crippen molar-refractivity contribution in [2.75, 3.05) is 6.54 Å². The minimum absolute atomic E-state index is 0.0250. The van der Waals surface area contributed by atoms with Gasteiger partial charge in [-0.25, -0.2) is 4.79 Å². The molecule has 1 aliphatic heterocycles. The average Bonchev–Trinajstić information content (AvgIpc) is 3.03. The molecule has 2 aromatic carbocycles. The number of hydrogen-bond acceptors (Lipinski definition) is 3. The van der Waals surface area contributed by atoms with Crippen LogP contribution in [0.1, 0.15) is 43.5 Å². The largest absolute Gasteiger partial charge is 0.521 e. The van der Waals surface area contributed by atoms with Gasteiger partial charge in [-0.15, -0.1) is 0 Å². The van der Waals surface area contributed by atoms with Crippen LogP contribution in [-0.2, 0) is 4.79 Å². The van der Waals surface area contributed by atoms with E-state index < -0.39 is 16.5 Å². The fraction of sp³-hybridized carbons (Fsp3) is 0.381. The number of imide groups is 1. The number of fused-ring (bicyclic) bond motifs is 1. The molecule has 2 aromatic rings. The lowest BCUT2D eigenvalue weighted by Crippen LogP contribution is -2.60. The fourth-order valence-corrected chi connectivity index (χ4v) is 4.02. The molecule has 26 heavy (non-hydrogen) atoms. The highest BCUT2D eigenvalue weighted by molar-refractivity contribution is 6.01. The van der Waals surface area contributed by atoms with Gasteiger partial charge in [-0.2, -0.15) is 9.28 Å². The van der Waals surface area contributed by atoms with E-state index in [1.165, 1.54) is 0 Å². The van der Waals surface area contributed by atoms with Crippen molar-refractivity contribution in [3.8, 4) is 0 Å². The van der Waals surface area contributed by atoms with E-state index in [0.29, 0.717) is 24.9 Å². The molecule has 136 valence electrons. The molecule has 3 rings (SSSR count). The lowest BCUT2D eigenvalue weighted by atomic mass is 9.96. The highest BCUT2D eigenvalue weighted by Crippen LogP contribution is 2.31. The van der Waals surface area contributed by atoms with E-state index in [4.69, 9.17) is 0 Å². The van der Waals surface area contributed by atoms with E-state index in [1.54, 1.807) is 19.9 Å². The van der Waals surface area contributed by atoms with E-state index in [9.17, 15) is 19.5 Å². The first-order valence-corrected chi connectivity index (χ1v) is 9.04. The van der Waals surface area contributed by atoms with Crippen LogP contribution in [-0.4, -0.2) is 40.0 Å². The molecule has 0 aliphatic carbocycles. The Kier molecular flexibility index (Phi) is 4.92. The van der Waals surface area contributed by atoms with Gasteiger partial charge in [-0.3, -0.25) is 4.79 Å². The van der Waals surface area contributed by atoms with Gasteiger partial charge in [0.1, 0.15) is 6.04 Å². The molecule has 2 amide bonds. The lowest BCUT2D eigenvalue weighted by molar-refractivity contribution is -0.794. The van der Waals surface area contributed by atoms with Gasteiger partial charge < -0.3 is 5.11 Å². The number of likely N-dealkylation sites (tertiary alicyclic amines) is 1. The second-order valence-corrected chi connectivity index (χ2v) is 7.29. The summed E-state index contributed by atoms with van der Waals surface area (Å²) in [4.78, 5) is 37.5. The zero-order valence-electron chi connectivity index (χ0n) is 15.1. The van der Waals surface area contributed by atoms with Crippen LogP contribution >= 0.6 is 0 Å². The van der Waals surface area contributed by atoms with Crippen LogP contribution in [0.3, 0.4) is 0 Å². The standard InChI is InChI=1S/C21H23NO4/c1-14(20(24)22(21(25)26)11-5-6-15(22)2)12-19(23)18-10-9-16-7-3-4-8-17(16)13-18/h3-4,7-10,13-15H,5-6,11-12H2,1-2H3/p+1/t14?,15-,22?/m1/s1. The van der Waals surface area contributed by atoms with Crippen LogP contribution in [0.5, 0.6) is 0 Å². The first-order valence-electron chi connectivity index (χ1n) is 9.04. The summed E-state index contributed by atoms with van der Waals surface area (Å²) >= 11 is 0. The Morgan fingerprint density at radius 3 is 2.46 bits per heavy atom. The molecule has 1 saturated heterocycles. The normalized spacial score (nSPS) is 23.7. The second-order valence-electron chi connectivity index (χ2n) is 7.29. The number of nitrogens with zero attached hydrogens (tertiary/aromatic N) is 1. The average molecular weight is 354 g/mol. The number of Topliss-reactive ketones (excluding diaryl/α,β-unsaturated/α-hetero) is 1. The number of amides is 2. The van der Waals surface area contributed by atoms with Crippen molar-refractivity contribution in [1.29, 1.82) is 0 Å². The molecule has 1 heterocycles. The van der Waals surface area contributed by atoms with Crippen molar-refractivity contribution in [3.05, 3.63) is 48.0 Å². The van der Waals surface area contributed by atoms with E-state index in [2.05, 4.69) is 0 Å². The molecular weight excluding hydrogens is 330 g/mol. The zero-order chi connectivity index (χ0) is 18.9. The topological polar surface area (TPSA) is 71.4 Å². The van der Waals surface area contributed by atoms with Gasteiger partial charge in [0.05, 0.1) is 12.5 Å². The zero-order valence-corrected chi connectivity index (χ0v) is 15.1.